The smallest absolute Gasteiger partial charge is 0.462 e. The standard InChI is InChI=1S/C81H158O17P2/c1-9-74(8)60-52-44-35-29-23-17-14-15-18-24-30-36-45-53-61-78(83)91-67-76(97-80(85)63-55-47-37-31-25-19-13-11-10-12-16-21-27-33-41-49-57-71(2)3)69-95-99(87,88)93-65-75(82)66-94-100(89,90)96-70-77(68-92-79(84)62-54-46-40-39-43-51-59-73(6)7)98-81(86)64-56-48-38-32-26-20-22-28-34-42-50-58-72(4)5/h71-77,82H,9-70H2,1-8H3,(H,87,88)(H,89,90)/t74?,75-,76-,77-/m1/s1. The number of unbranched alkanes of at least 4 members (excludes halogenated alkanes) is 43. The fraction of sp³-hybridized carbons (Fsp3) is 0.951. The van der Waals surface area contributed by atoms with Crippen LogP contribution in [0.1, 0.15) is 415 Å². The molecule has 0 bridgehead atoms. The molecule has 0 fully saturated rings. The first kappa shape index (κ1) is 98.1. The Hall–Kier alpha value is -1.94. The third-order valence-electron chi connectivity index (χ3n) is 19.2. The van der Waals surface area contributed by atoms with Gasteiger partial charge in [-0.2, -0.15) is 0 Å². The molecule has 0 aromatic rings. The summed E-state index contributed by atoms with van der Waals surface area (Å²) < 4.78 is 68.7. The van der Waals surface area contributed by atoms with Gasteiger partial charge in [-0.25, -0.2) is 9.13 Å². The van der Waals surface area contributed by atoms with Gasteiger partial charge in [-0.15, -0.1) is 0 Å². The monoisotopic (exact) mass is 1470 g/mol. The van der Waals surface area contributed by atoms with Crippen molar-refractivity contribution in [2.75, 3.05) is 39.6 Å². The normalized spacial score (nSPS) is 14.3. The number of phosphoric ester groups is 2. The van der Waals surface area contributed by atoms with Gasteiger partial charge in [0, 0.05) is 25.7 Å². The molecule has 0 spiro atoms. The molecule has 100 heavy (non-hydrogen) atoms. The highest BCUT2D eigenvalue weighted by atomic mass is 31.2. The van der Waals surface area contributed by atoms with Crippen LogP contribution in [0.3, 0.4) is 0 Å². The highest BCUT2D eigenvalue weighted by Crippen LogP contribution is 2.45. The van der Waals surface area contributed by atoms with Crippen LogP contribution < -0.4 is 0 Å². The van der Waals surface area contributed by atoms with E-state index in [9.17, 15) is 43.2 Å². The van der Waals surface area contributed by atoms with Crippen LogP contribution in [-0.2, 0) is 65.4 Å². The maximum atomic E-state index is 13.1. The molecule has 0 rings (SSSR count). The van der Waals surface area contributed by atoms with Gasteiger partial charge in [0.15, 0.2) is 12.2 Å². The summed E-state index contributed by atoms with van der Waals surface area (Å²) in [6, 6.07) is 0. The van der Waals surface area contributed by atoms with Crippen LogP contribution in [0.5, 0.6) is 0 Å². The lowest BCUT2D eigenvalue weighted by atomic mass is 9.99. The average molecular weight is 1470 g/mol. The zero-order valence-electron chi connectivity index (χ0n) is 65.8. The van der Waals surface area contributed by atoms with Gasteiger partial charge in [-0.05, 0) is 49.4 Å². The number of carbonyl (C=O) groups is 4. The summed E-state index contributed by atoms with van der Waals surface area (Å²) in [5.41, 5.74) is 0. The molecule has 0 radical (unpaired) electrons. The fourth-order valence-electron chi connectivity index (χ4n) is 12.4. The molecule has 19 heteroatoms. The summed E-state index contributed by atoms with van der Waals surface area (Å²) in [6.45, 7) is 14.2. The largest absolute Gasteiger partial charge is 0.472 e. The highest BCUT2D eigenvalue weighted by molar-refractivity contribution is 7.47. The van der Waals surface area contributed by atoms with Crippen molar-refractivity contribution >= 4 is 39.5 Å². The Morgan fingerprint density at radius 2 is 0.480 bits per heavy atom. The van der Waals surface area contributed by atoms with Crippen molar-refractivity contribution in [3.63, 3.8) is 0 Å². The first-order chi connectivity index (χ1) is 48.1. The summed E-state index contributed by atoms with van der Waals surface area (Å²) in [7, 11) is -9.92. The molecule has 0 heterocycles. The lowest BCUT2D eigenvalue weighted by molar-refractivity contribution is -0.161. The van der Waals surface area contributed by atoms with E-state index in [0.717, 1.165) is 114 Å². The molecule has 594 valence electrons. The number of esters is 4. The summed E-state index contributed by atoms with van der Waals surface area (Å²) in [6.07, 6.45) is 57.0. The van der Waals surface area contributed by atoms with Crippen LogP contribution >= 0.6 is 15.6 Å². The average Bonchev–Trinajstić information content (AvgIpc) is 1.02. The molecule has 0 aromatic heterocycles. The number of phosphoric acid groups is 2. The van der Waals surface area contributed by atoms with Gasteiger partial charge in [0.2, 0.25) is 0 Å². The Kier molecular flexibility index (Phi) is 68.7. The highest BCUT2D eigenvalue weighted by Gasteiger charge is 2.30. The van der Waals surface area contributed by atoms with E-state index in [4.69, 9.17) is 37.0 Å². The molecule has 0 amide bonds. The van der Waals surface area contributed by atoms with E-state index >= 15 is 0 Å². The summed E-state index contributed by atoms with van der Waals surface area (Å²) in [5.74, 6) is 0.988. The van der Waals surface area contributed by atoms with Gasteiger partial charge >= 0.3 is 39.5 Å². The van der Waals surface area contributed by atoms with Crippen LogP contribution in [0.25, 0.3) is 0 Å². The summed E-state index contributed by atoms with van der Waals surface area (Å²) in [4.78, 5) is 73.0. The van der Waals surface area contributed by atoms with E-state index in [-0.39, 0.29) is 25.7 Å². The van der Waals surface area contributed by atoms with Gasteiger partial charge in [-0.1, -0.05) is 364 Å². The molecule has 17 nitrogen and oxygen atoms in total. The third kappa shape index (κ3) is 73.0. The second-order valence-corrected chi connectivity index (χ2v) is 33.7. The zero-order chi connectivity index (χ0) is 73.8. The number of rotatable bonds is 78. The second kappa shape index (κ2) is 70.1. The molecule has 0 aromatic carbocycles. The van der Waals surface area contributed by atoms with Crippen molar-refractivity contribution in [2.45, 2.75) is 433 Å². The van der Waals surface area contributed by atoms with E-state index in [1.54, 1.807) is 0 Å². The minimum Gasteiger partial charge on any atom is -0.462 e. The third-order valence-corrected chi connectivity index (χ3v) is 21.1. The maximum Gasteiger partial charge on any atom is 0.472 e. The van der Waals surface area contributed by atoms with Gasteiger partial charge in [-0.3, -0.25) is 37.3 Å². The molecule has 6 atom stereocenters. The molecule has 0 saturated carbocycles. The molecule has 0 aliphatic heterocycles. The topological polar surface area (TPSA) is 237 Å². The molecule has 3 unspecified atom stereocenters. The van der Waals surface area contributed by atoms with Crippen molar-refractivity contribution < 1.29 is 80.2 Å². The molecule has 0 saturated heterocycles. The minimum absolute atomic E-state index is 0.105. The van der Waals surface area contributed by atoms with Crippen molar-refractivity contribution in [3.8, 4) is 0 Å². The Morgan fingerprint density at radius 1 is 0.280 bits per heavy atom. The lowest BCUT2D eigenvalue weighted by Crippen LogP contribution is -2.30. The van der Waals surface area contributed by atoms with E-state index in [1.165, 1.54) is 212 Å². The fourth-order valence-corrected chi connectivity index (χ4v) is 14.0. The van der Waals surface area contributed by atoms with Crippen molar-refractivity contribution in [2.24, 2.45) is 23.7 Å². The van der Waals surface area contributed by atoms with Crippen LogP contribution in [0.15, 0.2) is 0 Å². The Bertz CT molecular complexity index is 1960. The van der Waals surface area contributed by atoms with Gasteiger partial charge in [0.25, 0.3) is 0 Å². The van der Waals surface area contributed by atoms with Gasteiger partial charge < -0.3 is 33.8 Å². The number of carbonyl (C=O) groups excluding carboxylic acids is 4. The Morgan fingerprint density at radius 3 is 0.710 bits per heavy atom. The molecule has 0 aliphatic carbocycles. The quantitative estimate of drug-likeness (QED) is 0.0222. The van der Waals surface area contributed by atoms with E-state index < -0.39 is 97.5 Å². The van der Waals surface area contributed by atoms with Crippen molar-refractivity contribution in [3.05, 3.63) is 0 Å². The Labute approximate surface area is 613 Å². The van der Waals surface area contributed by atoms with Crippen molar-refractivity contribution in [1.82, 2.24) is 0 Å². The SMILES string of the molecule is CCC(C)CCCCCCCCCCCCCCCCC(=O)OC[C@H](COP(=O)(O)OC[C@@H](O)COP(=O)(O)OC[C@@H](COC(=O)CCCCCCCCC(C)C)OC(=O)CCCCCCCCCCCCCC(C)C)OC(=O)CCCCCCCCCCCCCCCCCCC(C)C. The number of ether oxygens (including phenoxy) is 4. The minimum atomic E-state index is -4.96. The molecular weight excluding hydrogens is 1310 g/mol. The van der Waals surface area contributed by atoms with Crippen molar-refractivity contribution in [1.29, 1.82) is 0 Å². The summed E-state index contributed by atoms with van der Waals surface area (Å²) >= 11 is 0. The number of hydrogen-bond acceptors (Lipinski definition) is 15. The first-order valence-electron chi connectivity index (χ1n) is 41.7. The number of hydrogen-bond donors (Lipinski definition) is 3. The Balaban J connectivity index is 5.23. The van der Waals surface area contributed by atoms with E-state index in [0.29, 0.717) is 31.6 Å². The summed E-state index contributed by atoms with van der Waals surface area (Å²) in [5, 5.41) is 10.6. The van der Waals surface area contributed by atoms with E-state index in [1.807, 2.05) is 0 Å². The van der Waals surface area contributed by atoms with Crippen LogP contribution in [0.4, 0.5) is 0 Å². The maximum absolute atomic E-state index is 13.1. The van der Waals surface area contributed by atoms with Crippen LogP contribution in [0.2, 0.25) is 0 Å². The zero-order valence-corrected chi connectivity index (χ0v) is 67.6. The molecule has 0 aliphatic rings. The van der Waals surface area contributed by atoms with Crippen LogP contribution in [-0.4, -0.2) is 96.7 Å². The van der Waals surface area contributed by atoms with Crippen LogP contribution in [0, 0.1) is 23.7 Å². The second-order valence-electron chi connectivity index (χ2n) is 30.8. The lowest BCUT2D eigenvalue weighted by Gasteiger charge is -2.21. The van der Waals surface area contributed by atoms with E-state index in [2.05, 4.69) is 55.4 Å². The first-order valence-corrected chi connectivity index (χ1v) is 44.7. The molecular formula is C81H158O17P2. The number of aliphatic hydroxyl groups excluding tert-OH is 1. The number of aliphatic hydroxyl groups is 1. The molecule has 3 N–H and O–H groups in total. The van der Waals surface area contributed by atoms with Gasteiger partial charge in [0.05, 0.1) is 26.4 Å². The predicted octanol–water partition coefficient (Wildman–Crippen LogP) is 24.0. The predicted molar refractivity (Wildman–Crippen MR) is 409 cm³/mol. The van der Waals surface area contributed by atoms with Gasteiger partial charge in [0.1, 0.15) is 19.3 Å².